The van der Waals surface area contributed by atoms with E-state index in [0.717, 1.165) is 6.42 Å². The number of carbonyl (C=O) groups excluding carboxylic acids is 1. The van der Waals surface area contributed by atoms with Gasteiger partial charge in [0.15, 0.2) is 5.78 Å². The maximum absolute atomic E-state index is 12.4. The standard InChI is InChI=1S/C16H12Cl2O/c17-14-8-4-7-11(15(14)18)16(19)13-9-12(13)10-5-2-1-3-6-10/h1-8,12-13H,9H2. The zero-order chi connectivity index (χ0) is 13.4. The van der Waals surface area contributed by atoms with Gasteiger partial charge in [-0.05, 0) is 30.0 Å². The lowest BCUT2D eigenvalue weighted by molar-refractivity contribution is 0.0965. The highest BCUT2D eigenvalue weighted by atomic mass is 35.5. The molecule has 0 saturated heterocycles. The summed E-state index contributed by atoms with van der Waals surface area (Å²) in [5, 5.41) is 0.803. The van der Waals surface area contributed by atoms with Crippen molar-refractivity contribution in [3.63, 3.8) is 0 Å². The molecule has 0 aliphatic heterocycles. The molecule has 2 unspecified atom stereocenters. The first kappa shape index (κ1) is 12.7. The highest BCUT2D eigenvalue weighted by Gasteiger charge is 2.44. The summed E-state index contributed by atoms with van der Waals surface area (Å²) in [5.41, 5.74) is 1.76. The SMILES string of the molecule is O=C(c1cccc(Cl)c1Cl)C1CC1c1ccccc1. The average molecular weight is 291 g/mol. The summed E-state index contributed by atoms with van der Waals surface area (Å²) in [6.07, 6.45) is 0.895. The largest absolute Gasteiger partial charge is 0.294 e. The first-order valence-electron chi connectivity index (χ1n) is 6.21. The highest BCUT2D eigenvalue weighted by Crippen LogP contribution is 2.49. The number of carbonyl (C=O) groups is 1. The van der Waals surface area contributed by atoms with Crippen LogP contribution in [0.25, 0.3) is 0 Å². The minimum atomic E-state index is 0.0402. The van der Waals surface area contributed by atoms with Gasteiger partial charge < -0.3 is 0 Å². The van der Waals surface area contributed by atoms with Gasteiger partial charge in [0.05, 0.1) is 10.0 Å². The van der Waals surface area contributed by atoms with E-state index in [1.54, 1.807) is 18.2 Å². The van der Waals surface area contributed by atoms with Gasteiger partial charge in [0.25, 0.3) is 0 Å². The van der Waals surface area contributed by atoms with Crippen molar-refractivity contribution < 1.29 is 4.79 Å². The van der Waals surface area contributed by atoms with E-state index in [1.165, 1.54) is 5.56 Å². The number of ketones is 1. The molecular weight excluding hydrogens is 279 g/mol. The third-order valence-electron chi connectivity index (χ3n) is 3.57. The van der Waals surface area contributed by atoms with Crippen molar-refractivity contribution in [2.75, 3.05) is 0 Å². The molecule has 0 radical (unpaired) electrons. The van der Waals surface area contributed by atoms with Crippen molar-refractivity contribution in [2.45, 2.75) is 12.3 Å². The molecule has 0 amide bonds. The van der Waals surface area contributed by atoms with Gasteiger partial charge in [-0.15, -0.1) is 0 Å². The molecular formula is C16H12Cl2O. The molecule has 0 aromatic heterocycles. The Labute approximate surface area is 122 Å². The molecule has 2 aromatic rings. The fourth-order valence-electron chi connectivity index (χ4n) is 2.45. The van der Waals surface area contributed by atoms with E-state index in [-0.39, 0.29) is 11.7 Å². The Morgan fingerprint density at radius 2 is 1.74 bits per heavy atom. The van der Waals surface area contributed by atoms with Crippen LogP contribution in [0.15, 0.2) is 48.5 Å². The second-order valence-corrected chi connectivity index (χ2v) is 5.61. The Balaban J connectivity index is 1.82. The number of hydrogen-bond donors (Lipinski definition) is 0. The number of Topliss-reactive ketones (excluding diaryl/α,β-unsaturated/α-hetero) is 1. The van der Waals surface area contributed by atoms with Crippen molar-refractivity contribution in [1.82, 2.24) is 0 Å². The monoisotopic (exact) mass is 290 g/mol. The molecule has 3 rings (SSSR count). The topological polar surface area (TPSA) is 17.1 Å². The fourth-order valence-corrected chi connectivity index (χ4v) is 2.84. The lowest BCUT2D eigenvalue weighted by Gasteiger charge is -2.04. The zero-order valence-corrected chi connectivity index (χ0v) is 11.7. The molecule has 1 fully saturated rings. The van der Waals surface area contributed by atoms with Gasteiger partial charge in [0.1, 0.15) is 0 Å². The summed E-state index contributed by atoms with van der Waals surface area (Å²) in [5.74, 6) is 0.462. The second kappa shape index (κ2) is 4.99. The van der Waals surface area contributed by atoms with Crippen molar-refractivity contribution in [1.29, 1.82) is 0 Å². The van der Waals surface area contributed by atoms with Crippen molar-refractivity contribution in [3.8, 4) is 0 Å². The Bertz CT molecular complexity index is 622. The fraction of sp³-hybridized carbons (Fsp3) is 0.188. The van der Waals surface area contributed by atoms with E-state index in [2.05, 4.69) is 12.1 Å². The summed E-state index contributed by atoms with van der Waals surface area (Å²) >= 11 is 12.1. The van der Waals surface area contributed by atoms with E-state index in [9.17, 15) is 4.79 Å². The van der Waals surface area contributed by atoms with Crippen LogP contribution in [0, 0.1) is 5.92 Å². The van der Waals surface area contributed by atoms with Crippen LogP contribution in [0.5, 0.6) is 0 Å². The summed E-state index contributed by atoms with van der Waals surface area (Å²) in [7, 11) is 0. The van der Waals surface area contributed by atoms with E-state index in [4.69, 9.17) is 23.2 Å². The van der Waals surface area contributed by atoms with Crippen LogP contribution in [0.4, 0.5) is 0 Å². The smallest absolute Gasteiger partial charge is 0.168 e. The van der Waals surface area contributed by atoms with Crippen LogP contribution in [-0.2, 0) is 0 Å². The molecule has 2 aromatic carbocycles. The van der Waals surface area contributed by atoms with E-state index >= 15 is 0 Å². The molecule has 1 aliphatic carbocycles. The molecule has 0 N–H and O–H groups in total. The molecule has 3 heteroatoms. The molecule has 0 heterocycles. The third-order valence-corrected chi connectivity index (χ3v) is 4.39. The Morgan fingerprint density at radius 1 is 1.00 bits per heavy atom. The Kier molecular flexibility index (Phi) is 3.34. The quantitative estimate of drug-likeness (QED) is 0.729. The van der Waals surface area contributed by atoms with Gasteiger partial charge in [-0.3, -0.25) is 4.79 Å². The van der Waals surface area contributed by atoms with Gasteiger partial charge >= 0.3 is 0 Å². The van der Waals surface area contributed by atoms with Crippen LogP contribution >= 0.6 is 23.2 Å². The second-order valence-electron chi connectivity index (χ2n) is 4.83. The average Bonchev–Trinajstić information content (AvgIpc) is 3.22. The minimum Gasteiger partial charge on any atom is -0.294 e. The predicted octanol–water partition coefficient (Wildman–Crippen LogP) is 4.98. The molecule has 96 valence electrons. The zero-order valence-electron chi connectivity index (χ0n) is 10.1. The molecule has 1 saturated carbocycles. The minimum absolute atomic E-state index is 0.0402. The van der Waals surface area contributed by atoms with E-state index < -0.39 is 0 Å². The first-order chi connectivity index (χ1) is 9.18. The van der Waals surface area contributed by atoms with Crippen LogP contribution in [-0.4, -0.2) is 5.78 Å². The van der Waals surface area contributed by atoms with E-state index in [1.807, 2.05) is 18.2 Å². The van der Waals surface area contributed by atoms with Gasteiger partial charge in [-0.2, -0.15) is 0 Å². The number of hydrogen-bond acceptors (Lipinski definition) is 1. The molecule has 1 aliphatic rings. The van der Waals surface area contributed by atoms with Crippen LogP contribution in [0.2, 0.25) is 10.0 Å². The number of halogens is 2. The van der Waals surface area contributed by atoms with E-state index in [0.29, 0.717) is 21.5 Å². The Hall–Kier alpha value is -1.31. The molecule has 1 nitrogen and oxygen atoms in total. The lowest BCUT2D eigenvalue weighted by Crippen LogP contribution is -2.04. The maximum atomic E-state index is 12.4. The van der Waals surface area contributed by atoms with Gasteiger partial charge in [0, 0.05) is 11.5 Å². The molecule has 2 atom stereocenters. The van der Waals surface area contributed by atoms with Gasteiger partial charge in [0.2, 0.25) is 0 Å². The van der Waals surface area contributed by atoms with Gasteiger partial charge in [-0.25, -0.2) is 0 Å². The van der Waals surface area contributed by atoms with Crippen molar-refractivity contribution >= 4 is 29.0 Å². The van der Waals surface area contributed by atoms with Crippen LogP contribution < -0.4 is 0 Å². The lowest BCUT2D eigenvalue weighted by atomic mass is 10.0. The van der Waals surface area contributed by atoms with Crippen LogP contribution in [0.1, 0.15) is 28.3 Å². The third kappa shape index (κ3) is 2.41. The number of rotatable bonds is 3. The summed E-state index contributed by atoms with van der Waals surface area (Å²) in [6, 6.07) is 15.3. The molecule has 0 bridgehead atoms. The maximum Gasteiger partial charge on any atom is 0.168 e. The molecule has 19 heavy (non-hydrogen) atoms. The summed E-state index contributed by atoms with van der Waals surface area (Å²) in [6.45, 7) is 0. The Morgan fingerprint density at radius 3 is 2.47 bits per heavy atom. The molecule has 0 spiro atoms. The summed E-state index contributed by atoms with van der Waals surface area (Å²) < 4.78 is 0. The highest BCUT2D eigenvalue weighted by molar-refractivity contribution is 6.44. The predicted molar refractivity (Wildman–Crippen MR) is 78.1 cm³/mol. The number of benzene rings is 2. The van der Waals surface area contributed by atoms with Crippen molar-refractivity contribution in [2.24, 2.45) is 5.92 Å². The van der Waals surface area contributed by atoms with Crippen molar-refractivity contribution in [3.05, 3.63) is 69.7 Å². The summed E-state index contributed by atoms with van der Waals surface area (Å²) in [4.78, 5) is 12.4. The van der Waals surface area contributed by atoms with Crippen LogP contribution in [0.3, 0.4) is 0 Å². The first-order valence-corrected chi connectivity index (χ1v) is 6.97. The van der Waals surface area contributed by atoms with Gasteiger partial charge in [-0.1, -0.05) is 59.6 Å². The normalized spacial score (nSPS) is 21.2.